The molecule has 1 saturated heterocycles. The van der Waals surface area contributed by atoms with Gasteiger partial charge in [0.1, 0.15) is 0 Å². The highest BCUT2D eigenvalue weighted by molar-refractivity contribution is 5.94. The first-order valence-electron chi connectivity index (χ1n) is 6.15. The van der Waals surface area contributed by atoms with Crippen LogP contribution in [-0.4, -0.2) is 36.6 Å². The SMILES string of the molecule is CCC1COCCN1C(=O)c1ccc(C#N)cc1. The van der Waals surface area contributed by atoms with Crippen molar-refractivity contribution in [1.82, 2.24) is 4.90 Å². The molecule has 1 fully saturated rings. The standard InChI is InChI=1S/C14H16N2O2/c1-2-13-10-18-8-7-16(13)14(17)12-5-3-11(9-15)4-6-12/h3-6,13H,2,7-8,10H2,1H3. The van der Waals surface area contributed by atoms with Gasteiger partial charge in [-0.1, -0.05) is 6.92 Å². The number of nitriles is 1. The van der Waals surface area contributed by atoms with Crippen molar-refractivity contribution >= 4 is 5.91 Å². The van der Waals surface area contributed by atoms with E-state index in [1.165, 1.54) is 0 Å². The number of hydrogen-bond donors (Lipinski definition) is 0. The smallest absolute Gasteiger partial charge is 0.254 e. The molecule has 1 aromatic rings. The van der Waals surface area contributed by atoms with Crippen LogP contribution in [0.2, 0.25) is 0 Å². The van der Waals surface area contributed by atoms with Crippen molar-refractivity contribution in [1.29, 1.82) is 5.26 Å². The van der Waals surface area contributed by atoms with E-state index in [-0.39, 0.29) is 11.9 Å². The summed E-state index contributed by atoms with van der Waals surface area (Å²) in [5.74, 6) is 0.0228. The van der Waals surface area contributed by atoms with Crippen molar-refractivity contribution in [3.8, 4) is 6.07 Å². The second-order valence-corrected chi connectivity index (χ2v) is 4.32. The van der Waals surface area contributed by atoms with E-state index >= 15 is 0 Å². The van der Waals surface area contributed by atoms with Crippen LogP contribution in [0.1, 0.15) is 29.3 Å². The molecule has 0 aliphatic carbocycles. The summed E-state index contributed by atoms with van der Waals surface area (Å²) in [4.78, 5) is 14.2. The molecule has 0 bridgehead atoms. The average molecular weight is 244 g/mol. The van der Waals surface area contributed by atoms with Crippen molar-refractivity contribution in [2.24, 2.45) is 0 Å². The maximum Gasteiger partial charge on any atom is 0.254 e. The fourth-order valence-corrected chi connectivity index (χ4v) is 2.11. The molecule has 1 unspecified atom stereocenters. The zero-order valence-electron chi connectivity index (χ0n) is 10.4. The van der Waals surface area contributed by atoms with Crippen LogP contribution in [0.5, 0.6) is 0 Å². The van der Waals surface area contributed by atoms with Gasteiger partial charge in [0, 0.05) is 12.1 Å². The summed E-state index contributed by atoms with van der Waals surface area (Å²) in [5.41, 5.74) is 1.20. The lowest BCUT2D eigenvalue weighted by Crippen LogP contribution is -2.48. The van der Waals surface area contributed by atoms with Gasteiger partial charge in [0.15, 0.2) is 0 Å². The number of morpholine rings is 1. The van der Waals surface area contributed by atoms with E-state index in [4.69, 9.17) is 10.00 Å². The highest BCUT2D eigenvalue weighted by Gasteiger charge is 2.26. The van der Waals surface area contributed by atoms with E-state index in [9.17, 15) is 4.79 Å². The first kappa shape index (κ1) is 12.6. The molecule has 0 saturated carbocycles. The Hall–Kier alpha value is -1.86. The number of hydrogen-bond acceptors (Lipinski definition) is 3. The van der Waals surface area contributed by atoms with Crippen molar-refractivity contribution < 1.29 is 9.53 Å². The predicted octanol–water partition coefficient (Wildman–Crippen LogP) is 1.81. The lowest BCUT2D eigenvalue weighted by Gasteiger charge is -2.35. The zero-order valence-corrected chi connectivity index (χ0v) is 10.4. The third kappa shape index (κ3) is 2.52. The van der Waals surface area contributed by atoms with Gasteiger partial charge < -0.3 is 9.64 Å². The average Bonchev–Trinajstić information content (AvgIpc) is 2.46. The largest absolute Gasteiger partial charge is 0.377 e. The van der Waals surface area contributed by atoms with Crippen LogP contribution in [0.3, 0.4) is 0 Å². The number of nitrogens with zero attached hydrogens (tertiary/aromatic N) is 2. The molecule has 1 amide bonds. The number of carbonyl (C=O) groups excluding carboxylic acids is 1. The van der Waals surface area contributed by atoms with Gasteiger partial charge in [-0.25, -0.2) is 0 Å². The summed E-state index contributed by atoms with van der Waals surface area (Å²) < 4.78 is 5.39. The van der Waals surface area contributed by atoms with E-state index in [0.29, 0.717) is 30.9 Å². The zero-order chi connectivity index (χ0) is 13.0. The molecule has 94 valence electrons. The summed E-state index contributed by atoms with van der Waals surface area (Å²) in [5, 5.41) is 8.73. The number of carbonyl (C=O) groups is 1. The Labute approximate surface area is 107 Å². The first-order valence-corrected chi connectivity index (χ1v) is 6.15. The summed E-state index contributed by atoms with van der Waals surface area (Å²) >= 11 is 0. The molecule has 1 aromatic carbocycles. The van der Waals surface area contributed by atoms with Crippen LogP contribution < -0.4 is 0 Å². The number of benzene rings is 1. The van der Waals surface area contributed by atoms with Crippen molar-refractivity contribution in [2.75, 3.05) is 19.8 Å². The molecule has 0 spiro atoms. The van der Waals surface area contributed by atoms with Gasteiger partial charge in [0.05, 0.1) is 30.9 Å². The quantitative estimate of drug-likeness (QED) is 0.797. The third-order valence-electron chi connectivity index (χ3n) is 3.22. The van der Waals surface area contributed by atoms with Crippen LogP contribution in [0.4, 0.5) is 0 Å². The third-order valence-corrected chi connectivity index (χ3v) is 3.22. The molecule has 0 N–H and O–H groups in total. The van der Waals surface area contributed by atoms with Crippen LogP contribution in [0.25, 0.3) is 0 Å². The molecular formula is C14H16N2O2. The van der Waals surface area contributed by atoms with Crippen LogP contribution in [0.15, 0.2) is 24.3 Å². The van der Waals surface area contributed by atoms with Gasteiger partial charge in [-0.2, -0.15) is 5.26 Å². The van der Waals surface area contributed by atoms with Crippen LogP contribution in [0, 0.1) is 11.3 Å². The molecule has 0 aromatic heterocycles. The Morgan fingerprint density at radius 2 is 2.22 bits per heavy atom. The fraction of sp³-hybridized carbons (Fsp3) is 0.429. The molecule has 1 aliphatic rings. The summed E-state index contributed by atoms with van der Waals surface area (Å²) in [6.45, 7) is 3.90. The van der Waals surface area contributed by atoms with Gasteiger partial charge in [-0.05, 0) is 30.7 Å². The van der Waals surface area contributed by atoms with Gasteiger partial charge in [0.2, 0.25) is 0 Å². The predicted molar refractivity (Wildman–Crippen MR) is 67.1 cm³/mol. The second-order valence-electron chi connectivity index (χ2n) is 4.32. The van der Waals surface area contributed by atoms with Crippen molar-refractivity contribution in [3.63, 3.8) is 0 Å². The molecule has 1 atom stereocenters. The van der Waals surface area contributed by atoms with E-state index in [0.717, 1.165) is 6.42 Å². The number of rotatable bonds is 2. The molecule has 2 rings (SSSR count). The van der Waals surface area contributed by atoms with E-state index < -0.39 is 0 Å². The molecule has 0 radical (unpaired) electrons. The monoisotopic (exact) mass is 244 g/mol. The minimum absolute atomic E-state index is 0.0228. The highest BCUT2D eigenvalue weighted by atomic mass is 16.5. The first-order chi connectivity index (χ1) is 8.76. The number of amides is 1. The van der Waals surface area contributed by atoms with E-state index in [1.807, 2.05) is 11.0 Å². The van der Waals surface area contributed by atoms with Crippen molar-refractivity contribution in [3.05, 3.63) is 35.4 Å². The Balaban J connectivity index is 2.16. The summed E-state index contributed by atoms with van der Waals surface area (Å²) in [6.07, 6.45) is 0.891. The maximum atomic E-state index is 12.4. The highest BCUT2D eigenvalue weighted by Crippen LogP contribution is 2.15. The summed E-state index contributed by atoms with van der Waals surface area (Å²) in [7, 11) is 0. The van der Waals surface area contributed by atoms with Gasteiger partial charge in [0.25, 0.3) is 5.91 Å². The number of ether oxygens (including phenoxy) is 1. The van der Waals surface area contributed by atoms with Gasteiger partial charge >= 0.3 is 0 Å². The maximum absolute atomic E-state index is 12.4. The normalized spacial score (nSPS) is 19.3. The molecule has 4 nitrogen and oxygen atoms in total. The lowest BCUT2D eigenvalue weighted by atomic mass is 10.1. The fourth-order valence-electron chi connectivity index (χ4n) is 2.11. The van der Waals surface area contributed by atoms with Crippen molar-refractivity contribution in [2.45, 2.75) is 19.4 Å². The van der Waals surface area contributed by atoms with Gasteiger partial charge in [-0.3, -0.25) is 4.79 Å². The Bertz CT molecular complexity index is 462. The minimum atomic E-state index is 0.0228. The minimum Gasteiger partial charge on any atom is -0.377 e. The Morgan fingerprint density at radius 3 is 2.83 bits per heavy atom. The Kier molecular flexibility index (Phi) is 3.96. The summed E-state index contributed by atoms with van der Waals surface area (Å²) in [6, 6.07) is 8.98. The molecule has 4 heteroatoms. The molecule has 1 heterocycles. The molecule has 1 aliphatic heterocycles. The Morgan fingerprint density at radius 1 is 1.50 bits per heavy atom. The van der Waals surface area contributed by atoms with Crippen LogP contribution in [-0.2, 0) is 4.74 Å². The van der Waals surface area contributed by atoms with E-state index in [2.05, 4.69) is 6.92 Å². The van der Waals surface area contributed by atoms with Gasteiger partial charge in [-0.15, -0.1) is 0 Å². The molecule has 18 heavy (non-hydrogen) atoms. The van der Waals surface area contributed by atoms with Crippen LogP contribution >= 0.6 is 0 Å². The topological polar surface area (TPSA) is 53.3 Å². The lowest BCUT2D eigenvalue weighted by molar-refractivity contribution is -0.00279. The van der Waals surface area contributed by atoms with E-state index in [1.54, 1.807) is 24.3 Å². The second kappa shape index (κ2) is 5.65. The molecular weight excluding hydrogens is 228 g/mol.